The molecule has 0 saturated heterocycles. The zero-order valence-corrected chi connectivity index (χ0v) is 6.57. The third kappa shape index (κ3) is 8.88. The first-order valence-corrected chi connectivity index (χ1v) is 1.82. The van der Waals surface area contributed by atoms with Crippen molar-refractivity contribution in [1.82, 2.24) is 0 Å². The molecule has 0 spiro atoms. The van der Waals surface area contributed by atoms with Crippen LogP contribution in [0, 0.1) is 6.92 Å². The van der Waals surface area contributed by atoms with Gasteiger partial charge in [-0.3, -0.25) is 0 Å². The van der Waals surface area contributed by atoms with Crippen molar-refractivity contribution in [1.29, 1.82) is 0 Å². The number of rotatable bonds is 1. The van der Waals surface area contributed by atoms with Crippen molar-refractivity contribution in [3.05, 3.63) is 6.92 Å². The molecule has 0 radical (unpaired) electrons. The second kappa shape index (κ2) is 5.96. The van der Waals surface area contributed by atoms with Crippen LogP contribution in [0.3, 0.4) is 0 Å². The van der Waals surface area contributed by atoms with E-state index in [0.717, 1.165) is 6.42 Å². The van der Waals surface area contributed by atoms with E-state index >= 15 is 0 Å². The van der Waals surface area contributed by atoms with E-state index in [-0.39, 0.29) is 35.6 Å². The molecule has 0 aromatic rings. The summed E-state index contributed by atoms with van der Waals surface area (Å²) in [5, 5.41) is 0. The van der Waals surface area contributed by atoms with Crippen LogP contribution >= 0.6 is 0 Å². The van der Waals surface area contributed by atoms with Gasteiger partial charge >= 0.3 is 29.6 Å². The average molecular weight is 95.1 g/mol. The Morgan fingerprint density at radius 3 is 2.00 bits per heavy atom. The maximum absolute atomic E-state index is 5.23. The molecule has 32 valence electrons. The predicted octanol–water partition coefficient (Wildman–Crippen LogP) is -2.44. The zero-order chi connectivity index (χ0) is 4.28. The van der Waals surface area contributed by atoms with E-state index in [4.69, 9.17) is 5.73 Å². The van der Waals surface area contributed by atoms with Gasteiger partial charge in [0.25, 0.3) is 0 Å². The number of nitrogens with two attached hydrogens (primary N) is 1. The molecule has 0 fully saturated rings. The van der Waals surface area contributed by atoms with Gasteiger partial charge in [-0.15, -0.1) is 0 Å². The maximum atomic E-state index is 5.23. The molecule has 0 aliphatic carbocycles. The molecule has 0 rings (SSSR count). The summed E-state index contributed by atoms with van der Waals surface area (Å²) in [5.41, 5.74) is 5.23. The molecule has 0 aliphatic rings. The third-order valence-corrected chi connectivity index (χ3v) is 0.455. The van der Waals surface area contributed by atoms with E-state index in [9.17, 15) is 0 Å². The Labute approximate surface area is 61.6 Å². The Hall–Kier alpha value is 0.960. The molecule has 6 heavy (non-hydrogen) atoms. The summed E-state index contributed by atoms with van der Waals surface area (Å²) in [6.07, 6.45) is 0.833. The average Bonchev–Trinajstić information content (AvgIpc) is 1.38. The van der Waals surface area contributed by atoms with E-state index in [0.29, 0.717) is 0 Å². The SMILES string of the molecule is [CH2-]CC(C)N.[Na+]. The monoisotopic (exact) mass is 95.1 g/mol. The molecule has 2 N–H and O–H groups in total. The molecule has 0 aromatic heterocycles. The minimum absolute atomic E-state index is 0. The summed E-state index contributed by atoms with van der Waals surface area (Å²) in [7, 11) is 0. The second-order valence-corrected chi connectivity index (χ2v) is 1.27. The molecule has 1 atom stereocenters. The molecule has 0 saturated carbocycles. The van der Waals surface area contributed by atoms with Gasteiger partial charge in [0.05, 0.1) is 0 Å². The van der Waals surface area contributed by atoms with Gasteiger partial charge in [-0.1, -0.05) is 6.92 Å². The van der Waals surface area contributed by atoms with Crippen molar-refractivity contribution >= 4 is 0 Å². The van der Waals surface area contributed by atoms with E-state index < -0.39 is 0 Å². The Bertz CT molecular complexity index is 21.5. The minimum atomic E-state index is 0. The Balaban J connectivity index is 0. The van der Waals surface area contributed by atoms with E-state index in [2.05, 4.69) is 6.92 Å². The summed E-state index contributed by atoms with van der Waals surface area (Å²) in [5.74, 6) is 0. The summed E-state index contributed by atoms with van der Waals surface area (Å²) < 4.78 is 0. The molecule has 2 heteroatoms. The van der Waals surface area contributed by atoms with Crippen molar-refractivity contribution < 1.29 is 29.6 Å². The van der Waals surface area contributed by atoms with Crippen molar-refractivity contribution in [2.45, 2.75) is 19.4 Å². The molecule has 0 heterocycles. The van der Waals surface area contributed by atoms with Gasteiger partial charge < -0.3 is 12.7 Å². The van der Waals surface area contributed by atoms with Crippen LogP contribution in [-0.4, -0.2) is 6.04 Å². The molecule has 1 unspecified atom stereocenters. The quantitative estimate of drug-likeness (QED) is 0.284. The summed E-state index contributed by atoms with van der Waals surface area (Å²) in [6.45, 7) is 5.50. The largest absolute Gasteiger partial charge is 1.00 e. The van der Waals surface area contributed by atoms with Crippen molar-refractivity contribution in [2.24, 2.45) is 5.73 Å². The standard InChI is InChI=1S/C4H10N.Na/c1-3-4(2)5;/h4H,1,3,5H2,2H3;/q-1;+1. The molecule has 0 amide bonds. The van der Waals surface area contributed by atoms with E-state index in [1.54, 1.807) is 0 Å². The Morgan fingerprint density at radius 2 is 2.00 bits per heavy atom. The van der Waals surface area contributed by atoms with Gasteiger partial charge in [-0.25, -0.2) is 0 Å². The van der Waals surface area contributed by atoms with Gasteiger partial charge in [0.1, 0.15) is 0 Å². The van der Waals surface area contributed by atoms with Gasteiger partial charge in [0, 0.05) is 0 Å². The van der Waals surface area contributed by atoms with Crippen LogP contribution in [0.15, 0.2) is 0 Å². The van der Waals surface area contributed by atoms with Crippen LogP contribution in [0.4, 0.5) is 0 Å². The van der Waals surface area contributed by atoms with Crippen LogP contribution in [-0.2, 0) is 0 Å². The maximum Gasteiger partial charge on any atom is 1.00 e. The smallest absolute Gasteiger partial charge is 0.342 e. The summed E-state index contributed by atoms with van der Waals surface area (Å²) in [4.78, 5) is 0. The summed E-state index contributed by atoms with van der Waals surface area (Å²) in [6, 6.07) is 0.273. The first-order valence-electron chi connectivity index (χ1n) is 1.82. The first-order chi connectivity index (χ1) is 2.27. The van der Waals surface area contributed by atoms with Gasteiger partial charge in [-0.05, 0) is 6.04 Å². The molecule has 0 aliphatic heterocycles. The second-order valence-electron chi connectivity index (χ2n) is 1.27. The third-order valence-electron chi connectivity index (χ3n) is 0.455. The molecule has 0 bridgehead atoms. The van der Waals surface area contributed by atoms with Crippen molar-refractivity contribution in [3.63, 3.8) is 0 Å². The summed E-state index contributed by atoms with van der Waals surface area (Å²) >= 11 is 0. The van der Waals surface area contributed by atoms with Gasteiger partial charge in [-0.2, -0.15) is 6.42 Å². The van der Waals surface area contributed by atoms with E-state index in [1.165, 1.54) is 0 Å². The fourth-order valence-corrected chi connectivity index (χ4v) is 0. The van der Waals surface area contributed by atoms with Crippen LogP contribution in [0.1, 0.15) is 13.3 Å². The normalized spacial score (nSPS) is 12.5. The number of hydrogen-bond acceptors (Lipinski definition) is 1. The Morgan fingerprint density at radius 1 is 1.83 bits per heavy atom. The van der Waals surface area contributed by atoms with Crippen LogP contribution in [0.2, 0.25) is 0 Å². The molecular formula is C4H10NNa. The topological polar surface area (TPSA) is 26.0 Å². The predicted molar refractivity (Wildman–Crippen MR) is 23.6 cm³/mol. The van der Waals surface area contributed by atoms with Crippen molar-refractivity contribution in [3.8, 4) is 0 Å². The molecule has 0 aromatic carbocycles. The molecule has 1 nitrogen and oxygen atoms in total. The van der Waals surface area contributed by atoms with Crippen LogP contribution in [0.5, 0.6) is 0 Å². The van der Waals surface area contributed by atoms with Gasteiger partial charge in [0.2, 0.25) is 0 Å². The molecular weight excluding hydrogens is 85.0 g/mol. The number of hydrogen-bond donors (Lipinski definition) is 1. The van der Waals surface area contributed by atoms with Crippen molar-refractivity contribution in [2.75, 3.05) is 0 Å². The Kier molecular flexibility index (Phi) is 9.98. The zero-order valence-electron chi connectivity index (χ0n) is 4.57. The minimum Gasteiger partial charge on any atom is -0.342 e. The first kappa shape index (κ1) is 10.0. The fraction of sp³-hybridized carbons (Fsp3) is 0.750. The van der Waals surface area contributed by atoms with Gasteiger partial charge in [0.15, 0.2) is 0 Å². The van der Waals surface area contributed by atoms with Crippen LogP contribution < -0.4 is 35.3 Å². The fourth-order valence-electron chi connectivity index (χ4n) is 0. The van der Waals surface area contributed by atoms with Crippen LogP contribution in [0.25, 0.3) is 0 Å². The van der Waals surface area contributed by atoms with E-state index in [1.807, 2.05) is 6.92 Å².